The summed E-state index contributed by atoms with van der Waals surface area (Å²) in [6.45, 7) is -0.462. The molecule has 0 saturated carbocycles. The van der Waals surface area contributed by atoms with Crippen LogP contribution in [0.25, 0.3) is 0 Å². The molecule has 16 heavy (non-hydrogen) atoms. The van der Waals surface area contributed by atoms with Gasteiger partial charge in [-0.1, -0.05) is 0 Å². The van der Waals surface area contributed by atoms with Crippen molar-refractivity contribution >= 4 is 17.6 Å². The highest BCUT2D eigenvalue weighted by molar-refractivity contribution is 5.92. The minimum Gasteiger partial charge on any atom is -0.497 e. The summed E-state index contributed by atoms with van der Waals surface area (Å²) in [5.74, 6) is -0.959. The van der Waals surface area contributed by atoms with Crippen LogP contribution in [0, 0.1) is 0 Å². The summed E-state index contributed by atoms with van der Waals surface area (Å²) >= 11 is 0. The molecule has 0 radical (unpaired) electrons. The summed E-state index contributed by atoms with van der Waals surface area (Å²) in [7, 11) is 1.45. The standard InChI is InChI=1S/C10H12N2O4/c1-15-8-3-6(2-7(11)4-8)10(14)16-5-9(12)13/h2-4H,5,11H2,1H3,(H2,12,13). The van der Waals surface area contributed by atoms with Crippen LogP contribution < -0.4 is 16.2 Å². The van der Waals surface area contributed by atoms with Crippen LogP contribution in [0.1, 0.15) is 10.4 Å². The van der Waals surface area contributed by atoms with Gasteiger partial charge in [0.05, 0.1) is 12.7 Å². The van der Waals surface area contributed by atoms with Crippen molar-refractivity contribution in [2.75, 3.05) is 19.5 Å². The van der Waals surface area contributed by atoms with Crippen molar-refractivity contribution in [2.24, 2.45) is 5.73 Å². The molecule has 1 rings (SSSR count). The Labute approximate surface area is 92.1 Å². The average molecular weight is 224 g/mol. The normalized spacial score (nSPS) is 9.56. The van der Waals surface area contributed by atoms with E-state index in [0.29, 0.717) is 11.4 Å². The maximum absolute atomic E-state index is 11.4. The topological polar surface area (TPSA) is 105 Å². The predicted octanol–water partition coefficient (Wildman–Crippen LogP) is -0.0805. The van der Waals surface area contributed by atoms with Gasteiger partial charge >= 0.3 is 5.97 Å². The number of hydrogen-bond acceptors (Lipinski definition) is 5. The molecule has 4 N–H and O–H groups in total. The van der Waals surface area contributed by atoms with Gasteiger partial charge in [-0.15, -0.1) is 0 Å². The van der Waals surface area contributed by atoms with Crippen molar-refractivity contribution in [3.8, 4) is 5.75 Å². The second kappa shape index (κ2) is 5.01. The first kappa shape index (κ1) is 11.8. The number of ether oxygens (including phenoxy) is 2. The van der Waals surface area contributed by atoms with Gasteiger partial charge in [-0.25, -0.2) is 4.79 Å². The van der Waals surface area contributed by atoms with Crippen molar-refractivity contribution in [3.05, 3.63) is 23.8 Å². The van der Waals surface area contributed by atoms with Gasteiger partial charge in [0.1, 0.15) is 5.75 Å². The molecule has 0 aliphatic heterocycles. The lowest BCUT2D eigenvalue weighted by Crippen LogP contribution is -2.21. The number of rotatable bonds is 4. The zero-order valence-electron chi connectivity index (χ0n) is 8.73. The fourth-order valence-corrected chi connectivity index (χ4v) is 1.08. The highest BCUT2D eigenvalue weighted by Gasteiger charge is 2.10. The molecular formula is C10H12N2O4. The summed E-state index contributed by atoms with van der Waals surface area (Å²) in [6.07, 6.45) is 0. The molecule has 0 aromatic heterocycles. The number of nitrogens with two attached hydrogens (primary N) is 2. The van der Waals surface area contributed by atoms with Gasteiger partial charge in [-0.2, -0.15) is 0 Å². The molecule has 6 nitrogen and oxygen atoms in total. The quantitative estimate of drug-likeness (QED) is 0.549. The Kier molecular flexibility index (Phi) is 3.71. The monoisotopic (exact) mass is 224 g/mol. The first-order chi connectivity index (χ1) is 7.52. The van der Waals surface area contributed by atoms with E-state index in [1.165, 1.54) is 19.2 Å². The van der Waals surface area contributed by atoms with Crippen LogP contribution >= 0.6 is 0 Å². The van der Waals surface area contributed by atoms with Gasteiger partial charge in [0, 0.05) is 11.8 Å². The molecule has 0 heterocycles. The van der Waals surface area contributed by atoms with Gasteiger partial charge < -0.3 is 20.9 Å². The SMILES string of the molecule is COc1cc(N)cc(C(=O)OCC(N)=O)c1. The smallest absolute Gasteiger partial charge is 0.338 e. The highest BCUT2D eigenvalue weighted by Crippen LogP contribution is 2.18. The molecule has 0 bridgehead atoms. The lowest BCUT2D eigenvalue weighted by atomic mass is 10.2. The van der Waals surface area contributed by atoms with Gasteiger partial charge in [0.2, 0.25) is 0 Å². The third kappa shape index (κ3) is 3.16. The second-order valence-corrected chi connectivity index (χ2v) is 3.04. The third-order valence-electron chi connectivity index (χ3n) is 1.75. The Hall–Kier alpha value is -2.24. The fourth-order valence-electron chi connectivity index (χ4n) is 1.08. The van der Waals surface area contributed by atoms with Crippen LogP contribution in [0.3, 0.4) is 0 Å². The van der Waals surface area contributed by atoms with Crippen molar-refractivity contribution in [2.45, 2.75) is 0 Å². The zero-order chi connectivity index (χ0) is 12.1. The molecule has 0 unspecified atom stereocenters. The van der Waals surface area contributed by atoms with E-state index in [1.807, 2.05) is 0 Å². The maximum Gasteiger partial charge on any atom is 0.338 e. The number of methoxy groups -OCH3 is 1. The molecular weight excluding hydrogens is 212 g/mol. The summed E-state index contributed by atoms with van der Waals surface area (Å²) in [4.78, 5) is 21.8. The largest absolute Gasteiger partial charge is 0.497 e. The lowest BCUT2D eigenvalue weighted by molar-refractivity contribution is -0.121. The van der Waals surface area contributed by atoms with Crippen molar-refractivity contribution in [3.63, 3.8) is 0 Å². The molecule has 1 aromatic rings. The van der Waals surface area contributed by atoms with E-state index < -0.39 is 18.5 Å². The molecule has 86 valence electrons. The first-order valence-corrected chi connectivity index (χ1v) is 4.43. The Balaban J connectivity index is 2.82. The van der Waals surface area contributed by atoms with E-state index in [9.17, 15) is 9.59 Å². The Bertz CT molecular complexity index is 417. The molecule has 0 spiro atoms. The number of esters is 1. The highest BCUT2D eigenvalue weighted by atomic mass is 16.5. The molecule has 1 amide bonds. The van der Waals surface area contributed by atoms with E-state index in [2.05, 4.69) is 4.74 Å². The molecule has 0 aliphatic rings. The molecule has 0 atom stereocenters. The van der Waals surface area contributed by atoms with Crippen LogP contribution in [0.2, 0.25) is 0 Å². The third-order valence-corrected chi connectivity index (χ3v) is 1.75. The number of hydrogen-bond donors (Lipinski definition) is 2. The Morgan fingerprint density at radius 2 is 2.00 bits per heavy atom. The Morgan fingerprint density at radius 3 is 2.56 bits per heavy atom. The number of amides is 1. The van der Waals surface area contributed by atoms with E-state index >= 15 is 0 Å². The minimum absolute atomic E-state index is 0.207. The van der Waals surface area contributed by atoms with Crippen LogP contribution in [-0.2, 0) is 9.53 Å². The first-order valence-electron chi connectivity index (χ1n) is 4.43. The van der Waals surface area contributed by atoms with Crippen LogP contribution in [0.15, 0.2) is 18.2 Å². The molecule has 6 heteroatoms. The molecule has 1 aromatic carbocycles. The van der Waals surface area contributed by atoms with Gasteiger partial charge in [0.15, 0.2) is 6.61 Å². The fraction of sp³-hybridized carbons (Fsp3) is 0.200. The Morgan fingerprint density at radius 1 is 1.31 bits per heavy atom. The predicted molar refractivity (Wildman–Crippen MR) is 56.9 cm³/mol. The molecule has 0 saturated heterocycles. The summed E-state index contributed by atoms with van der Waals surface area (Å²) < 4.78 is 9.55. The lowest BCUT2D eigenvalue weighted by Gasteiger charge is -2.06. The van der Waals surface area contributed by atoms with Crippen LogP contribution in [-0.4, -0.2) is 25.6 Å². The van der Waals surface area contributed by atoms with E-state index in [-0.39, 0.29) is 5.56 Å². The summed E-state index contributed by atoms with van der Waals surface area (Å²) in [6, 6.07) is 4.44. The van der Waals surface area contributed by atoms with E-state index in [1.54, 1.807) is 6.07 Å². The molecule has 0 aliphatic carbocycles. The van der Waals surface area contributed by atoms with Crippen molar-refractivity contribution < 1.29 is 19.1 Å². The number of anilines is 1. The minimum atomic E-state index is -0.718. The van der Waals surface area contributed by atoms with Crippen molar-refractivity contribution in [1.29, 1.82) is 0 Å². The number of nitrogen functional groups attached to an aromatic ring is 1. The van der Waals surface area contributed by atoms with Gasteiger partial charge in [-0.3, -0.25) is 4.79 Å². The second-order valence-electron chi connectivity index (χ2n) is 3.04. The van der Waals surface area contributed by atoms with Gasteiger partial charge in [0.25, 0.3) is 5.91 Å². The average Bonchev–Trinajstić information content (AvgIpc) is 2.24. The zero-order valence-corrected chi connectivity index (χ0v) is 8.73. The summed E-state index contributed by atoms with van der Waals surface area (Å²) in [5, 5.41) is 0. The van der Waals surface area contributed by atoms with Gasteiger partial charge in [-0.05, 0) is 12.1 Å². The molecule has 0 fully saturated rings. The number of carbonyl (C=O) groups is 2. The van der Waals surface area contributed by atoms with E-state index in [4.69, 9.17) is 16.2 Å². The van der Waals surface area contributed by atoms with Crippen molar-refractivity contribution in [1.82, 2.24) is 0 Å². The number of benzene rings is 1. The van der Waals surface area contributed by atoms with Crippen LogP contribution in [0.4, 0.5) is 5.69 Å². The number of primary amides is 1. The van der Waals surface area contributed by atoms with E-state index in [0.717, 1.165) is 0 Å². The van der Waals surface area contributed by atoms with Crippen LogP contribution in [0.5, 0.6) is 5.75 Å². The maximum atomic E-state index is 11.4. The number of carbonyl (C=O) groups excluding carboxylic acids is 2. The summed E-state index contributed by atoms with van der Waals surface area (Å²) in [5.41, 5.74) is 11.0.